The van der Waals surface area contributed by atoms with E-state index in [4.69, 9.17) is 0 Å². The Balaban J connectivity index is 2.16. The largest absolute Gasteiger partial charge is 0.309 e. The smallest absolute Gasteiger partial charge is 0.171 e. The number of hydrogen-bond donors (Lipinski definition) is 0. The fourth-order valence-electron chi connectivity index (χ4n) is 2.78. The lowest BCUT2D eigenvalue weighted by Crippen LogP contribution is -2.25. The summed E-state index contributed by atoms with van der Waals surface area (Å²) in [5, 5.41) is 2.34. The third-order valence-corrected chi connectivity index (χ3v) is 7.19. The number of ketones is 1. The molecule has 3 rings (SSSR count). The van der Waals surface area contributed by atoms with Gasteiger partial charge in [0.05, 0.1) is 0 Å². The van der Waals surface area contributed by atoms with Crippen LogP contribution in [0, 0.1) is 0 Å². The molecule has 24 heavy (non-hydrogen) atoms. The van der Waals surface area contributed by atoms with Crippen LogP contribution in [0.2, 0.25) is 0 Å². The summed E-state index contributed by atoms with van der Waals surface area (Å²) < 4.78 is 14.1. The van der Waals surface area contributed by atoms with E-state index >= 15 is 0 Å². The monoisotopic (exact) mass is 334 g/mol. The number of hydrogen-bond acceptors (Lipinski definition) is 2. The zero-order valence-electron chi connectivity index (χ0n) is 13.6. The van der Waals surface area contributed by atoms with Crippen molar-refractivity contribution in [3.8, 4) is 0 Å². The molecule has 0 aliphatic heterocycles. The van der Waals surface area contributed by atoms with E-state index in [0.29, 0.717) is 12.0 Å². The van der Waals surface area contributed by atoms with Crippen molar-refractivity contribution < 1.29 is 9.36 Å². The van der Waals surface area contributed by atoms with Crippen LogP contribution in [0.15, 0.2) is 84.9 Å². The second-order valence-electron chi connectivity index (χ2n) is 5.60. The maximum absolute atomic E-state index is 14.1. The molecule has 0 bridgehead atoms. The van der Waals surface area contributed by atoms with Crippen LogP contribution in [0.1, 0.15) is 23.7 Å². The molecular weight excluding hydrogens is 315 g/mol. The summed E-state index contributed by atoms with van der Waals surface area (Å²) in [6, 6.07) is 26.3. The van der Waals surface area contributed by atoms with E-state index in [1.54, 1.807) is 12.1 Å². The van der Waals surface area contributed by atoms with E-state index in [2.05, 4.69) is 0 Å². The van der Waals surface area contributed by atoms with Crippen LogP contribution in [0.4, 0.5) is 0 Å². The minimum absolute atomic E-state index is 0.0933. The average molecular weight is 334 g/mol. The first-order valence-corrected chi connectivity index (χ1v) is 9.72. The normalized spacial score (nSPS) is 11.2. The lowest BCUT2D eigenvalue weighted by molar-refractivity contribution is 0.0988. The second kappa shape index (κ2) is 6.98. The van der Waals surface area contributed by atoms with E-state index in [-0.39, 0.29) is 5.78 Å². The summed E-state index contributed by atoms with van der Waals surface area (Å²) in [5.74, 6) is 0.0933. The van der Waals surface area contributed by atoms with Crippen LogP contribution in [0.3, 0.4) is 0 Å². The van der Waals surface area contributed by atoms with Crippen molar-refractivity contribution in [3.05, 3.63) is 90.5 Å². The number of carbonyl (C=O) groups excluding carboxylic acids is 1. The maximum atomic E-state index is 14.1. The van der Waals surface area contributed by atoms with Crippen molar-refractivity contribution in [2.75, 3.05) is 0 Å². The van der Waals surface area contributed by atoms with E-state index < -0.39 is 7.14 Å². The molecule has 0 amide bonds. The van der Waals surface area contributed by atoms with E-state index in [1.807, 2.05) is 79.7 Å². The first-order valence-electron chi connectivity index (χ1n) is 8.01. The molecule has 3 aromatic rings. The molecule has 0 aliphatic carbocycles. The molecule has 3 aromatic carbocycles. The molecule has 0 unspecified atom stereocenters. The van der Waals surface area contributed by atoms with Gasteiger partial charge < -0.3 is 4.57 Å². The van der Waals surface area contributed by atoms with Gasteiger partial charge in [-0.1, -0.05) is 91.9 Å². The quantitative estimate of drug-likeness (QED) is 0.523. The highest BCUT2D eigenvalue weighted by Crippen LogP contribution is 2.42. The van der Waals surface area contributed by atoms with Crippen molar-refractivity contribution in [1.82, 2.24) is 0 Å². The fraction of sp³-hybridized carbons (Fsp3) is 0.0952. The topological polar surface area (TPSA) is 34.1 Å². The molecule has 0 saturated carbocycles. The van der Waals surface area contributed by atoms with Gasteiger partial charge in [0.2, 0.25) is 0 Å². The van der Waals surface area contributed by atoms with Gasteiger partial charge in [0, 0.05) is 27.9 Å². The Bertz CT molecular complexity index is 825. The Hall–Kier alpha value is -2.44. The van der Waals surface area contributed by atoms with Crippen LogP contribution in [0.25, 0.3) is 0 Å². The van der Waals surface area contributed by atoms with Crippen molar-refractivity contribution in [1.29, 1.82) is 0 Å². The lowest BCUT2D eigenvalue weighted by atomic mass is 10.1. The van der Waals surface area contributed by atoms with Gasteiger partial charge in [-0.2, -0.15) is 0 Å². The number of carbonyl (C=O) groups is 1. The summed E-state index contributed by atoms with van der Waals surface area (Å²) >= 11 is 0. The third-order valence-electron chi connectivity index (χ3n) is 4.11. The third kappa shape index (κ3) is 2.98. The van der Waals surface area contributed by atoms with Gasteiger partial charge in [-0.15, -0.1) is 0 Å². The minimum atomic E-state index is -2.95. The van der Waals surface area contributed by atoms with Crippen molar-refractivity contribution >= 4 is 28.8 Å². The van der Waals surface area contributed by atoms with Crippen molar-refractivity contribution in [2.24, 2.45) is 0 Å². The predicted molar refractivity (Wildman–Crippen MR) is 100 cm³/mol. The molecule has 0 fully saturated rings. The van der Waals surface area contributed by atoms with Gasteiger partial charge in [0.1, 0.15) is 0 Å². The standard InChI is InChI=1S/C21H19O2P/c1-2-21(22)17-13-15-20(16-14-17)24(23,18-9-5-3-6-10-18)19-11-7-4-8-12-19/h3-16H,2H2,1H3. The first-order chi connectivity index (χ1) is 11.7. The highest BCUT2D eigenvalue weighted by Gasteiger charge is 2.29. The highest BCUT2D eigenvalue weighted by atomic mass is 31.2. The summed E-state index contributed by atoms with van der Waals surface area (Å²) in [5.41, 5.74) is 0.661. The minimum Gasteiger partial charge on any atom is -0.309 e. The number of benzene rings is 3. The molecule has 0 radical (unpaired) electrons. The summed E-state index contributed by atoms with van der Waals surface area (Å²) in [6.45, 7) is 1.84. The summed E-state index contributed by atoms with van der Waals surface area (Å²) in [4.78, 5) is 11.8. The molecule has 0 atom stereocenters. The van der Waals surface area contributed by atoms with E-state index in [0.717, 1.165) is 15.9 Å². The molecule has 0 N–H and O–H groups in total. The Morgan fingerprint density at radius 2 is 1.12 bits per heavy atom. The molecule has 0 spiro atoms. The molecule has 0 aromatic heterocycles. The van der Waals surface area contributed by atoms with E-state index in [9.17, 15) is 9.36 Å². The Morgan fingerprint density at radius 3 is 1.54 bits per heavy atom. The van der Waals surface area contributed by atoms with Crippen LogP contribution in [-0.4, -0.2) is 5.78 Å². The fourth-order valence-corrected chi connectivity index (χ4v) is 5.43. The molecular formula is C21H19O2P. The Labute approximate surface area is 142 Å². The molecule has 2 nitrogen and oxygen atoms in total. The molecule has 0 heterocycles. The zero-order valence-corrected chi connectivity index (χ0v) is 14.4. The summed E-state index contributed by atoms with van der Waals surface area (Å²) in [7, 11) is -2.95. The van der Waals surface area contributed by atoms with E-state index in [1.165, 1.54) is 0 Å². The molecule has 0 aliphatic rings. The molecule has 3 heteroatoms. The van der Waals surface area contributed by atoms with Gasteiger partial charge in [0.25, 0.3) is 0 Å². The van der Waals surface area contributed by atoms with Gasteiger partial charge in [-0.05, 0) is 0 Å². The Kier molecular flexibility index (Phi) is 4.78. The van der Waals surface area contributed by atoms with Crippen LogP contribution >= 0.6 is 7.14 Å². The van der Waals surface area contributed by atoms with Gasteiger partial charge >= 0.3 is 0 Å². The van der Waals surface area contributed by atoms with Crippen molar-refractivity contribution in [2.45, 2.75) is 13.3 Å². The molecule has 0 saturated heterocycles. The molecule has 120 valence electrons. The van der Waals surface area contributed by atoms with Gasteiger partial charge in [-0.25, -0.2) is 0 Å². The zero-order chi connectivity index (χ0) is 17.0. The van der Waals surface area contributed by atoms with Crippen LogP contribution < -0.4 is 15.9 Å². The highest BCUT2D eigenvalue weighted by molar-refractivity contribution is 7.85. The number of rotatable bonds is 5. The second-order valence-corrected chi connectivity index (χ2v) is 8.37. The SMILES string of the molecule is CCC(=O)c1ccc(P(=O)(c2ccccc2)c2ccccc2)cc1. The van der Waals surface area contributed by atoms with Gasteiger partial charge in [0.15, 0.2) is 12.9 Å². The van der Waals surface area contributed by atoms with Crippen LogP contribution in [0.5, 0.6) is 0 Å². The first kappa shape index (κ1) is 16.4. The van der Waals surface area contributed by atoms with Gasteiger partial charge in [-0.3, -0.25) is 4.79 Å². The maximum Gasteiger partial charge on any atom is 0.171 e. The summed E-state index contributed by atoms with van der Waals surface area (Å²) in [6.07, 6.45) is 0.467. The van der Waals surface area contributed by atoms with Crippen LogP contribution in [-0.2, 0) is 4.57 Å². The predicted octanol–water partition coefficient (Wildman–Crippen LogP) is 3.92. The number of Topliss-reactive ketones (excluding diaryl/α,β-unsaturated/α-hetero) is 1. The van der Waals surface area contributed by atoms with Crippen molar-refractivity contribution in [3.63, 3.8) is 0 Å². The Morgan fingerprint density at radius 1 is 0.708 bits per heavy atom. The lowest BCUT2D eigenvalue weighted by Gasteiger charge is -2.20. The average Bonchev–Trinajstić information content (AvgIpc) is 2.68.